The third-order valence-electron chi connectivity index (χ3n) is 4.85. The molecule has 0 saturated heterocycles. The third kappa shape index (κ3) is 5.08. The number of anilines is 2. The fourth-order valence-corrected chi connectivity index (χ4v) is 3.24. The molecule has 1 aromatic rings. The summed E-state index contributed by atoms with van der Waals surface area (Å²) in [4.78, 5) is 23.6. The summed E-state index contributed by atoms with van der Waals surface area (Å²) in [6.07, 6.45) is 4.53. The van der Waals surface area contributed by atoms with Crippen LogP contribution in [0.5, 0.6) is 0 Å². The second-order valence-electron chi connectivity index (χ2n) is 6.86. The van der Waals surface area contributed by atoms with Crippen molar-refractivity contribution in [1.29, 1.82) is 0 Å². The van der Waals surface area contributed by atoms with Gasteiger partial charge in [-0.05, 0) is 44.1 Å². The first-order valence-electron chi connectivity index (χ1n) is 9.12. The highest BCUT2D eigenvalue weighted by molar-refractivity contribution is 6.01. The zero-order valence-corrected chi connectivity index (χ0v) is 15.4. The number of benzene rings is 1. The Balaban J connectivity index is 2.25. The van der Waals surface area contributed by atoms with E-state index in [9.17, 15) is 14.9 Å². The van der Waals surface area contributed by atoms with E-state index in [1.807, 2.05) is 0 Å². The van der Waals surface area contributed by atoms with Gasteiger partial charge in [0.25, 0.3) is 11.6 Å². The molecule has 2 rings (SSSR count). The normalized spacial score (nSPS) is 19.7. The molecule has 0 unspecified atom stereocenters. The smallest absolute Gasteiger partial charge is 0.293 e. The van der Waals surface area contributed by atoms with Crippen molar-refractivity contribution in [3.05, 3.63) is 27.8 Å². The molecule has 1 saturated carbocycles. The number of nitrogens with one attached hydrogen (secondary N) is 3. The summed E-state index contributed by atoms with van der Waals surface area (Å²) in [5, 5.41) is 29.2. The number of nitro benzene ring substituents is 1. The van der Waals surface area contributed by atoms with E-state index in [4.69, 9.17) is 5.11 Å². The molecular weight excluding hydrogens is 336 g/mol. The van der Waals surface area contributed by atoms with Crippen LogP contribution >= 0.6 is 0 Å². The summed E-state index contributed by atoms with van der Waals surface area (Å²) in [5.74, 6) is 0.372. The van der Waals surface area contributed by atoms with E-state index >= 15 is 0 Å². The van der Waals surface area contributed by atoms with Gasteiger partial charge in [-0.1, -0.05) is 6.92 Å². The second-order valence-corrected chi connectivity index (χ2v) is 6.86. The van der Waals surface area contributed by atoms with Crippen molar-refractivity contribution in [2.24, 2.45) is 5.92 Å². The molecule has 0 aromatic heterocycles. The average molecular weight is 364 g/mol. The van der Waals surface area contributed by atoms with Crippen LogP contribution in [0.2, 0.25) is 0 Å². The van der Waals surface area contributed by atoms with E-state index in [2.05, 4.69) is 22.9 Å². The predicted octanol–water partition coefficient (Wildman–Crippen LogP) is 2.74. The number of nitro groups is 1. The molecule has 26 heavy (non-hydrogen) atoms. The SMILES string of the molecule is CNc1cc(NCCCO)c(C(=O)N[C@H]2CC[C@H](C)CC2)cc1[N+](=O)[O-]. The highest BCUT2D eigenvalue weighted by Gasteiger charge is 2.25. The number of carbonyl (C=O) groups excluding carboxylic acids is 1. The van der Waals surface area contributed by atoms with Crippen LogP contribution < -0.4 is 16.0 Å². The maximum absolute atomic E-state index is 12.8. The van der Waals surface area contributed by atoms with Gasteiger partial charge in [0.15, 0.2) is 0 Å². The maximum atomic E-state index is 12.8. The van der Waals surface area contributed by atoms with E-state index in [1.165, 1.54) is 6.07 Å². The number of rotatable bonds is 8. The molecule has 0 heterocycles. The zero-order valence-electron chi connectivity index (χ0n) is 15.4. The first-order valence-corrected chi connectivity index (χ1v) is 9.12. The van der Waals surface area contributed by atoms with Crippen molar-refractivity contribution in [1.82, 2.24) is 5.32 Å². The summed E-state index contributed by atoms with van der Waals surface area (Å²) in [7, 11) is 1.60. The molecule has 1 aliphatic rings. The third-order valence-corrected chi connectivity index (χ3v) is 4.85. The van der Waals surface area contributed by atoms with Crippen LogP contribution in [-0.2, 0) is 0 Å². The maximum Gasteiger partial charge on any atom is 0.293 e. The summed E-state index contributed by atoms with van der Waals surface area (Å²) < 4.78 is 0. The van der Waals surface area contributed by atoms with Gasteiger partial charge in [-0.15, -0.1) is 0 Å². The Morgan fingerprint density at radius 3 is 2.54 bits per heavy atom. The van der Waals surface area contributed by atoms with E-state index in [0.717, 1.165) is 25.7 Å². The summed E-state index contributed by atoms with van der Waals surface area (Å²) >= 11 is 0. The number of hydrogen-bond acceptors (Lipinski definition) is 6. The van der Waals surface area contributed by atoms with Gasteiger partial charge in [0, 0.05) is 38.0 Å². The lowest BCUT2D eigenvalue weighted by molar-refractivity contribution is -0.383. The van der Waals surface area contributed by atoms with Crippen molar-refractivity contribution in [2.45, 2.75) is 45.1 Å². The summed E-state index contributed by atoms with van der Waals surface area (Å²) in [5.41, 5.74) is 0.981. The van der Waals surface area contributed by atoms with Crippen molar-refractivity contribution in [3.8, 4) is 0 Å². The predicted molar refractivity (Wildman–Crippen MR) is 102 cm³/mol. The van der Waals surface area contributed by atoms with Crippen LogP contribution in [0.25, 0.3) is 0 Å². The summed E-state index contributed by atoms with van der Waals surface area (Å²) in [6.45, 7) is 2.71. The fraction of sp³-hybridized carbons (Fsp3) is 0.611. The van der Waals surface area contributed by atoms with Gasteiger partial charge in [0.2, 0.25) is 0 Å². The lowest BCUT2D eigenvalue weighted by atomic mass is 9.87. The van der Waals surface area contributed by atoms with Crippen LogP contribution in [0.1, 0.15) is 49.4 Å². The van der Waals surface area contributed by atoms with Crippen molar-refractivity contribution >= 4 is 23.0 Å². The van der Waals surface area contributed by atoms with Gasteiger partial charge < -0.3 is 21.1 Å². The summed E-state index contributed by atoms with van der Waals surface area (Å²) in [6, 6.07) is 2.99. The Morgan fingerprint density at radius 1 is 1.27 bits per heavy atom. The van der Waals surface area contributed by atoms with Gasteiger partial charge in [-0.25, -0.2) is 0 Å². The van der Waals surface area contributed by atoms with Gasteiger partial charge in [0.05, 0.1) is 10.5 Å². The lowest BCUT2D eigenvalue weighted by Crippen LogP contribution is -2.37. The lowest BCUT2D eigenvalue weighted by Gasteiger charge is -2.27. The molecule has 1 amide bonds. The molecule has 144 valence electrons. The minimum atomic E-state index is -0.498. The van der Waals surface area contributed by atoms with Gasteiger partial charge >= 0.3 is 0 Å². The molecule has 0 bridgehead atoms. The number of nitrogens with zero attached hydrogens (tertiary/aromatic N) is 1. The number of carbonyl (C=O) groups is 1. The van der Waals surface area contributed by atoms with Gasteiger partial charge in [-0.2, -0.15) is 0 Å². The Labute approximate surface area is 153 Å². The fourth-order valence-electron chi connectivity index (χ4n) is 3.24. The molecule has 8 nitrogen and oxygen atoms in total. The minimum absolute atomic E-state index is 0.0284. The van der Waals surface area contributed by atoms with Crippen LogP contribution in [0.4, 0.5) is 17.1 Å². The molecule has 8 heteroatoms. The van der Waals surface area contributed by atoms with Crippen molar-refractivity contribution in [3.63, 3.8) is 0 Å². The molecular formula is C18H28N4O4. The zero-order chi connectivity index (χ0) is 19.1. The number of amides is 1. The first kappa shape index (κ1) is 20.0. The highest BCUT2D eigenvalue weighted by Crippen LogP contribution is 2.32. The Kier molecular flexibility index (Phi) is 7.20. The minimum Gasteiger partial charge on any atom is -0.396 e. The van der Waals surface area contributed by atoms with Gasteiger partial charge in [-0.3, -0.25) is 14.9 Å². The molecule has 1 aromatic carbocycles. The van der Waals surface area contributed by atoms with E-state index in [0.29, 0.717) is 30.3 Å². The number of hydrogen-bond donors (Lipinski definition) is 4. The standard InChI is InChI=1S/C18H28N4O4/c1-12-4-6-13(7-5-12)21-18(24)14-10-17(22(25)26)16(19-2)11-15(14)20-8-3-9-23/h10-13,19-20,23H,3-9H2,1-2H3,(H,21,24)/t12-,13-. The van der Waals surface area contributed by atoms with Crippen LogP contribution in [0.15, 0.2) is 12.1 Å². The topological polar surface area (TPSA) is 117 Å². The largest absolute Gasteiger partial charge is 0.396 e. The number of aliphatic hydroxyl groups excluding tert-OH is 1. The van der Waals surface area contributed by atoms with Gasteiger partial charge in [0.1, 0.15) is 5.69 Å². The van der Waals surface area contributed by atoms with E-state index in [1.54, 1.807) is 13.1 Å². The Morgan fingerprint density at radius 2 is 1.96 bits per heavy atom. The van der Waals surface area contributed by atoms with Crippen molar-refractivity contribution < 1.29 is 14.8 Å². The molecule has 0 spiro atoms. The average Bonchev–Trinajstić information content (AvgIpc) is 2.63. The Hall–Kier alpha value is -2.35. The highest BCUT2D eigenvalue weighted by atomic mass is 16.6. The monoisotopic (exact) mass is 364 g/mol. The second kappa shape index (κ2) is 9.38. The number of aliphatic hydroxyl groups is 1. The molecule has 4 N–H and O–H groups in total. The van der Waals surface area contributed by atoms with Crippen LogP contribution in [-0.4, -0.2) is 42.2 Å². The molecule has 0 radical (unpaired) electrons. The quantitative estimate of drug-likeness (QED) is 0.320. The molecule has 1 fully saturated rings. The van der Waals surface area contributed by atoms with E-state index in [-0.39, 0.29) is 29.8 Å². The molecule has 0 atom stereocenters. The van der Waals surface area contributed by atoms with E-state index < -0.39 is 4.92 Å². The van der Waals surface area contributed by atoms with Crippen LogP contribution in [0.3, 0.4) is 0 Å². The Bertz CT molecular complexity index is 642. The van der Waals surface area contributed by atoms with Crippen LogP contribution in [0, 0.1) is 16.0 Å². The van der Waals surface area contributed by atoms with Crippen molar-refractivity contribution in [2.75, 3.05) is 30.8 Å². The first-order chi connectivity index (χ1) is 12.5. The molecule has 0 aliphatic heterocycles. The molecule has 1 aliphatic carbocycles.